The summed E-state index contributed by atoms with van der Waals surface area (Å²) in [5, 5.41) is 7.55. The Balaban J connectivity index is 2.20. The lowest BCUT2D eigenvalue weighted by molar-refractivity contribution is -0.116. The van der Waals surface area contributed by atoms with Gasteiger partial charge in [-0.25, -0.2) is 0 Å². The summed E-state index contributed by atoms with van der Waals surface area (Å²) < 4.78 is 0. The van der Waals surface area contributed by atoms with Crippen LogP contribution in [0.4, 0.5) is 11.4 Å². The first-order valence-corrected chi connectivity index (χ1v) is 6.27. The molecule has 2 heterocycles. The molecular weight excluding hydrogens is 222 g/mol. The number of carbonyl (C=O) groups is 1. The van der Waals surface area contributed by atoms with Crippen LogP contribution in [-0.2, 0) is 4.79 Å². The lowest BCUT2D eigenvalue weighted by Crippen LogP contribution is -2.47. The number of nitrogens with one attached hydrogen (secondary N) is 1. The predicted molar refractivity (Wildman–Crippen MR) is 68.3 cm³/mol. The summed E-state index contributed by atoms with van der Waals surface area (Å²) in [6, 6.07) is 0.306. The van der Waals surface area contributed by atoms with E-state index in [4.69, 9.17) is 0 Å². The van der Waals surface area contributed by atoms with Crippen molar-refractivity contribution in [3.8, 4) is 0 Å². The second-order valence-corrected chi connectivity index (χ2v) is 5.15. The van der Waals surface area contributed by atoms with E-state index in [1.54, 1.807) is 18.3 Å². The zero-order valence-electron chi connectivity index (χ0n) is 9.86. The maximum Gasteiger partial charge on any atom is 0.224 e. The molecule has 1 atom stereocenters. The molecule has 88 valence electrons. The number of rotatable bonds is 2. The monoisotopic (exact) mass is 239 g/mol. The molecule has 1 amide bonds. The Morgan fingerprint density at radius 2 is 2.38 bits per heavy atom. The van der Waals surface area contributed by atoms with Gasteiger partial charge in [-0.3, -0.25) is 4.79 Å². The summed E-state index contributed by atoms with van der Waals surface area (Å²) in [5.41, 5.74) is 2.10. The quantitative estimate of drug-likeness (QED) is 0.848. The summed E-state index contributed by atoms with van der Waals surface area (Å²) in [5.74, 6) is 0.116. The summed E-state index contributed by atoms with van der Waals surface area (Å²) in [4.78, 5) is 15.6. The number of amides is 1. The second-order valence-electron chi connectivity index (χ2n) is 4.40. The van der Waals surface area contributed by atoms with Crippen molar-refractivity contribution in [3.63, 3.8) is 0 Å². The third-order valence-corrected chi connectivity index (χ3v) is 3.39. The van der Waals surface area contributed by atoms with Crippen molar-refractivity contribution in [2.75, 3.05) is 37.4 Å². The fourth-order valence-corrected chi connectivity index (χ4v) is 2.81. The van der Waals surface area contributed by atoms with Gasteiger partial charge >= 0.3 is 0 Å². The second kappa shape index (κ2) is 4.43. The van der Waals surface area contributed by atoms with E-state index in [-0.39, 0.29) is 5.91 Å². The first-order valence-electron chi connectivity index (χ1n) is 5.33. The lowest BCUT2D eigenvalue weighted by Gasteiger charge is -2.34. The lowest BCUT2D eigenvalue weighted by atomic mass is 10.1. The molecule has 4 nitrogen and oxygen atoms in total. The normalized spacial score (nSPS) is 19.5. The van der Waals surface area contributed by atoms with E-state index in [9.17, 15) is 4.79 Å². The number of anilines is 2. The number of fused-ring (bicyclic) bond motifs is 1. The highest BCUT2D eigenvalue weighted by Gasteiger charge is 2.26. The van der Waals surface area contributed by atoms with Gasteiger partial charge in [-0.1, -0.05) is 0 Å². The van der Waals surface area contributed by atoms with E-state index in [0.717, 1.165) is 24.5 Å². The van der Waals surface area contributed by atoms with Crippen LogP contribution < -0.4 is 10.2 Å². The van der Waals surface area contributed by atoms with E-state index >= 15 is 0 Å². The Hall–Kier alpha value is -1.07. The van der Waals surface area contributed by atoms with Crippen molar-refractivity contribution >= 4 is 28.6 Å². The van der Waals surface area contributed by atoms with Gasteiger partial charge in [0.05, 0.1) is 17.4 Å². The molecule has 0 radical (unpaired) electrons. The third-order valence-electron chi connectivity index (χ3n) is 2.66. The molecule has 1 N–H and O–H groups in total. The van der Waals surface area contributed by atoms with Gasteiger partial charge in [-0.2, -0.15) is 0 Å². The van der Waals surface area contributed by atoms with Crippen LogP contribution in [0.5, 0.6) is 0 Å². The summed E-state index contributed by atoms with van der Waals surface area (Å²) in [6.07, 6.45) is 0. The summed E-state index contributed by atoms with van der Waals surface area (Å²) in [7, 11) is 4.09. The van der Waals surface area contributed by atoms with Crippen LogP contribution in [0.25, 0.3) is 0 Å². The van der Waals surface area contributed by atoms with E-state index in [1.807, 2.05) is 24.4 Å². The minimum Gasteiger partial charge on any atom is -0.377 e. The average Bonchev–Trinajstić information content (AvgIpc) is 2.62. The minimum atomic E-state index is 0.116. The molecule has 1 aromatic rings. The smallest absolute Gasteiger partial charge is 0.224 e. The van der Waals surface area contributed by atoms with E-state index < -0.39 is 0 Å². The first kappa shape index (κ1) is 11.4. The highest BCUT2D eigenvalue weighted by atomic mass is 32.1. The fraction of sp³-hybridized carbons (Fsp3) is 0.545. The molecule has 0 aliphatic carbocycles. The van der Waals surface area contributed by atoms with Gasteiger partial charge in [-0.05, 0) is 14.1 Å². The molecule has 0 spiro atoms. The molecule has 0 saturated heterocycles. The number of likely N-dealkylation sites (N-methyl/N-ethyl adjacent to an activating group) is 1. The van der Waals surface area contributed by atoms with Crippen LogP contribution in [0.3, 0.4) is 0 Å². The zero-order valence-corrected chi connectivity index (χ0v) is 10.7. The Kier molecular flexibility index (Phi) is 3.16. The highest BCUT2D eigenvalue weighted by molar-refractivity contribution is 7.09. The molecule has 1 unspecified atom stereocenters. The van der Waals surface area contributed by atoms with Crippen LogP contribution >= 0.6 is 11.3 Å². The topological polar surface area (TPSA) is 35.6 Å². The third kappa shape index (κ3) is 2.20. The molecule has 0 saturated carbocycles. The van der Waals surface area contributed by atoms with Crippen LogP contribution in [0.15, 0.2) is 10.8 Å². The molecule has 2 rings (SSSR count). The Bertz CT molecular complexity index is 388. The zero-order chi connectivity index (χ0) is 11.7. The molecule has 0 fully saturated rings. The van der Waals surface area contributed by atoms with Gasteiger partial charge in [-0.15, -0.1) is 11.3 Å². The molecular formula is C11H17N3OS. The molecule has 1 aliphatic rings. The van der Waals surface area contributed by atoms with Crippen LogP contribution in [0.2, 0.25) is 0 Å². The fourth-order valence-electron chi connectivity index (χ4n) is 2.03. The van der Waals surface area contributed by atoms with E-state index in [0.29, 0.717) is 6.04 Å². The number of hydrogen-bond acceptors (Lipinski definition) is 4. The Labute approximate surface area is 99.9 Å². The van der Waals surface area contributed by atoms with Gasteiger partial charge in [0.15, 0.2) is 0 Å². The van der Waals surface area contributed by atoms with Gasteiger partial charge in [0.1, 0.15) is 0 Å². The summed E-state index contributed by atoms with van der Waals surface area (Å²) >= 11 is 1.63. The highest BCUT2D eigenvalue weighted by Crippen LogP contribution is 2.34. The van der Waals surface area contributed by atoms with Crippen molar-refractivity contribution in [2.24, 2.45) is 0 Å². The first-order chi connectivity index (χ1) is 7.58. The number of nitrogens with zero attached hydrogens (tertiary/aromatic N) is 2. The van der Waals surface area contributed by atoms with Crippen molar-refractivity contribution < 1.29 is 4.79 Å². The van der Waals surface area contributed by atoms with E-state index in [1.165, 1.54) is 0 Å². The van der Waals surface area contributed by atoms with Gasteiger partial charge < -0.3 is 15.1 Å². The predicted octanol–water partition coefficient (Wildman–Crippen LogP) is 1.46. The SMILES string of the molecule is CC(=O)N1CC(CN(C)C)Nc2cscc21. The molecule has 16 heavy (non-hydrogen) atoms. The van der Waals surface area contributed by atoms with Crippen molar-refractivity contribution in [1.29, 1.82) is 0 Å². The van der Waals surface area contributed by atoms with Gasteiger partial charge in [0, 0.05) is 30.8 Å². The Morgan fingerprint density at radius 3 is 3.00 bits per heavy atom. The van der Waals surface area contributed by atoms with Crippen LogP contribution in [-0.4, -0.2) is 44.0 Å². The maximum atomic E-state index is 11.6. The minimum absolute atomic E-state index is 0.116. The maximum absolute atomic E-state index is 11.6. The summed E-state index contributed by atoms with van der Waals surface area (Å²) in [6.45, 7) is 3.30. The molecule has 1 aliphatic heterocycles. The molecule has 1 aromatic heterocycles. The number of hydrogen-bond donors (Lipinski definition) is 1. The van der Waals surface area contributed by atoms with Gasteiger partial charge in [0.25, 0.3) is 0 Å². The Morgan fingerprint density at radius 1 is 1.62 bits per heavy atom. The van der Waals surface area contributed by atoms with Crippen molar-refractivity contribution in [3.05, 3.63) is 10.8 Å². The average molecular weight is 239 g/mol. The van der Waals surface area contributed by atoms with Crippen LogP contribution in [0.1, 0.15) is 6.92 Å². The largest absolute Gasteiger partial charge is 0.377 e. The van der Waals surface area contributed by atoms with Crippen LogP contribution in [0, 0.1) is 0 Å². The van der Waals surface area contributed by atoms with Crippen molar-refractivity contribution in [2.45, 2.75) is 13.0 Å². The van der Waals surface area contributed by atoms with E-state index in [2.05, 4.69) is 15.6 Å². The molecule has 5 heteroatoms. The molecule has 0 aromatic carbocycles. The molecule has 0 bridgehead atoms. The van der Waals surface area contributed by atoms with Crippen molar-refractivity contribution in [1.82, 2.24) is 4.90 Å². The number of thiophene rings is 1. The standard InChI is InChI=1S/C11H17N3OS/c1-8(15)14-5-9(4-13(2)3)12-10-6-16-7-11(10)14/h6-7,9,12H,4-5H2,1-3H3. The number of carbonyl (C=O) groups excluding carboxylic acids is 1. The van der Waals surface area contributed by atoms with Gasteiger partial charge in [0.2, 0.25) is 5.91 Å².